The molecule has 3 aromatic carbocycles. The van der Waals surface area contributed by atoms with Crippen molar-refractivity contribution in [1.29, 1.82) is 0 Å². The Morgan fingerprint density at radius 1 is 0.833 bits per heavy atom. The third kappa shape index (κ3) is 3.44. The number of unbranched alkanes of at least 4 members (excludes halogenated alkanes) is 1. The highest BCUT2D eigenvalue weighted by Crippen LogP contribution is 2.29. The molecule has 5 heteroatoms. The lowest BCUT2D eigenvalue weighted by molar-refractivity contribution is 0.795. The third-order valence-corrected chi connectivity index (χ3v) is 5.50. The molecule has 0 atom stereocenters. The first-order valence-corrected chi connectivity index (χ1v) is 10.6. The molecule has 0 aliphatic carbocycles. The molecule has 0 amide bonds. The smallest absolute Gasteiger partial charge is 0.199 e. The summed E-state index contributed by atoms with van der Waals surface area (Å²) in [5.74, 6) is 0.782. The van der Waals surface area contributed by atoms with Gasteiger partial charge in [-0.05, 0) is 54.8 Å². The van der Waals surface area contributed by atoms with Gasteiger partial charge in [-0.15, -0.1) is 0 Å². The van der Waals surface area contributed by atoms with Crippen molar-refractivity contribution in [3.8, 4) is 17.1 Å². The molecule has 30 heavy (non-hydrogen) atoms. The number of aromatic nitrogens is 4. The van der Waals surface area contributed by atoms with Gasteiger partial charge < -0.3 is 0 Å². The van der Waals surface area contributed by atoms with Gasteiger partial charge in [0.1, 0.15) is 5.82 Å². The van der Waals surface area contributed by atoms with Gasteiger partial charge in [0, 0.05) is 16.3 Å². The molecule has 0 saturated heterocycles. The lowest BCUT2D eigenvalue weighted by atomic mass is 10.1. The van der Waals surface area contributed by atoms with Gasteiger partial charge in [-0.25, -0.2) is 15.0 Å². The van der Waals surface area contributed by atoms with Gasteiger partial charge in [0.15, 0.2) is 11.3 Å². The van der Waals surface area contributed by atoms with Crippen LogP contribution < -0.4 is 0 Å². The highest BCUT2D eigenvalue weighted by atomic mass is 35.5. The third-order valence-electron chi connectivity index (χ3n) is 5.27. The molecule has 0 aliphatic rings. The van der Waals surface area contributed by atoms with Crippen LogP contribution in [0.5, 0.6) is 0 Å². The quantitative estimate of drug-likeness (QED) is 0.325. The molecule has 0 N–H and O–H groups in total. The van der Waals surface area contributed by atoms with Crippen LogP contribution in [-0.4, -0.2) is 19.5 Å². The molecule has 2 aromatic heterocycles. The van der Waals surface area contributed by atoms with Crippen LogP contribution >= 0.6 is 11.6 Å². The normalized spacial score (nSPS) is 11.4. The molecule has 0 unspecified atom stereocenters. The monoisotopic (exact) mass is 412 g/mol. The Kier molecular flexibility index (Phi) is 4.93. The fourth-order valence-corrected chi connectivity index (χ4v) is 3.91. The topological polar surface area (TPSA) is 43.6 Å². The zero-order valence-corrected chi connectivity index (χ0v) is 17.5. The van der Waals surface area contributed by atoms with Crippen LogP contribution in [0.2, 0.25) is 5.02 Å². The highest BCUT2D eigenvalue weighted by Gasteiger charge is 2.17. The summed E-state index contributed by atoms with van der Waals surface area (Å²) in [7, 11) is 0. The molecular weight excluding hydrogens is 392 g/mol. The standard InChI is InChI=1S/C25H21ClN4/c1-2-3-7-17-12-14-20(15-13-17)30-24(18-8-6-9-19(26)16-18)29-23-25(30)28-22-11-5-4-10-21(22)27-23/h4-6,8-16H,2-3,7H2,1H3. The van der Waals surface area contributed by atoms with Crippen molar-refractivity contribution in [3.63, 3.8) is 0 Å². The van der Waals surface area contributed by atoms with Crippen molar-refractivity contribution in [1.82, 2.24) is 19.5 Å². The van der Waals surface area contributed by atoms with Crippen LogP contribution in [0.15, 0.2) is 72.8 Å². The minimum atomic E-state index is 0.624. The Morgan fingerprint density at radius 3 is 2.33 bits per heavy atom. The number of aryl methyl sites for hydroxylation is 1. The predicted molar refractivity (Wildman–Crippen MR) is 123 cm³/mol. The maximum atomic E-state index is 6.28. The molecular formula is C25H21ClN4. The van der Waals surface area contributed by atoms with E-state index in [0.717, 1.165) is 40.2 Å². The largest absolute Gasteiger partial charge is 0.275 e. The van der Waals surface area contributed by atoms with Crippen LogP contribution in [0.1, 0.15) is 25.3 Å². The molecule has 0 aliphatic heterocycles. The lowest BCUT2D eigenvalue weighted by Crippen LogP contribution is -2.00. The number of hydrogen-bond acceptors (Lipinski definition) is 3. The van der Waals surface area contributed by atoms with Gasteiger partial charge in [-0.3, -0.25) is 4.57 Å². The van der Waals surface area contributed by atoms with Crippen molar-refractivity contribution in [2.75, 3.05) is 0 Å². The van der Waals surface area contributed by atoms with E-state index in [2.05, 4.69) is 35.8 Å². The van der Waals surface area contributed by atoms with Crippen LogP contribution in [0.4, 0.5) is 0 Å². The number of para-hydroxylation sites is 2. The average Bonchev–Trinajstić information content (AvgIpc) is 3.15. The summed E-state index contributed by atoms with van der Waals surface area (Å²) >= 11 is 6.28. The van der Waals surface area contributed by atoms with Crippen LogP contribution in [0.3, 0.4) is 0 Å². The van der Waals surface area contributed by atoms with Crippen LogP contribution in [0, 0.1) is 0 Å². The Bertz CT molecular complexity index is 1340. The maximum Gasteiger partial charge on any atom is 0.199 e. The van der Waals surface area contributed by atoms with Gasteiger partial charge in [0.25, 0.3) is 0 Å². The van der Waals surface area contributed by atoms with Gasteiger partial charge in [0.2, 0.25) is 0 Å². The second kappa shape index (κ2) is 7.88. The zero-order chi connectivity index (χ0) is 20.5. The van der Waals surface area contributed by atoms with E-state index in [9.17, 15) is 0 Å². The predicted octanol–water partition coefficient (Wildman–Crippen LogP) is 6.63. The SMILES string of the molecule is CCCCc1ccc(-n2c(-c3cccc(Cl)c3)nc3nc4ccccc4nc32)cc1. The van der Waals surface area contributed by atoms with Crippen molar-refractivity contribution in [2.24, 2.45) is 0 Å². The summed E-state index contributed by atoms with van der Waals surface area (Å²) in [4.78, 5) is 14.5. The summed E-state index contributed by atoms with van der Waals surface area (Å²) in [6.45, 7) is 2.21. The Morgan fingerprint density at radius 2 is 1.60 bits per heavy atom. The zero-order valence-electron chi connectivity index (χ0n) is 16.7. The second-order valence-corrected chi connectivity index (χ2v) is 7.85. The maximum absolute atomic E-state index is 6.28. The lowest BCUT2D eigenvalue weighted by Gasteiger charge is -2.10. The summed E-state index contributed by atoms with van der Waals surface area (Å²) in [5, 5.41) is 0.673. The number of benzene rings is 3. The highest BCUT2D eigenvalue weighted by molar-refractivity contribution is 6.30. The molecule has 0 fully saturated rings. The summed E-state index contributed by atoms with van der Waals surface area (Å²) in [6, 6.07) is 24.3. The first-order chi connectivity index (χ1) is 14.7. The fraction of sp³-hybridized carbons (Fsp3) is 0.160. The van der Waals surface area contributed by atoms with E-state index in [1.807, 2.05) is 48.5 Å². The van der Waals surface area contributed by atoms with E-state index < -0.39 is 0 Å². The summed E-state index contributed by atoms with van der Waals surface area (Å²) < 4.78 is 2.07. The van der Waals surface area contributed by atoms with Gasteiger partial charge in [-0.2, -0.15) is 0 Å². The number of imidazole rings is 1. The fourth-order valence-electron chi connectivity index (χ4n) is 3.72. The van der Waals surface area contributed by atoms with Gasteiger partial charge >= 0.3 is 0 Å². The van der Waals surface area contributed by atoms with E-state index in [1.165, 1.54) is 18.4 Å². The number of fused-ring (bicyclic) bond motifs is 2. The van der Waals surface area contributed by atoms with E-state index in [1.54, 1.807) is 0 Å². The van der Waals surface area contributed by atoms with Crippen molar-refractivity contribution >= 4 is 33.9 Å². The average molecular weight is 413 g/mol. The van der Waals surface area contributed by atoms with Crippen molar-refractivity contribution in [3.05, 3.63) is 83.4 Å². The first-order valence-electron chi connectivity index (χ1n) is 10.2. The Labute approximate surface area is 180 Å². The number of halogens is 1. The minimum Gasteiger partial charge on any atom is -0.275 e. The number of nitrogens with zero attached hydrogens (tertiary/aromatic N) is 4. The minimum absolute atomic E-state index is 0.624. The first kappa shape index (κ1) is 18.8. The van der Waals surface area contributed by atoms with Gasteiger partial charge in [-0.1, -0.05) is 61.3 Å². The summed E-state index contributed by atoms with van der Waals surface area (Å²) in [5.41, 5.74) is 6.33. The molecule has 5 rings (SSSR count). The van der Waals surface area contributed by atoms with E-state index in [-0.39, 0.29) is 0 Å². The van der Waals surface area contributed by atoms with E-state index >= 15 is 0 Å². The number of rotatable bonds is 5. The Balaban J connectivity index is 1.74. The molecule has 0 spiro atoms. The van der Waals surface area contributed by atoms with Crippen LogP contribution in [-0.2, 0) is 6.42 Å². The van der Waals surface area contributed by atoms with Gasteiger partial charge in [0.05, 0.1) is 11.0 Å². The van der Waals surface area contributed by atoms with E-state index in [4.69, 9.17) is 26.6 Å². The number of hydrogen-bond donors (Lipinski definition) is 0. The van der Waals surface area contributed by atoms with Crippen molar-refractivity contribution < 1.29 is 0 Å². The van der Waals surface area contributed by atoms with Crippen molar-refractivity contribution in [2.45, 2.75) is 26.2 Å². The van der Waals surface area contributed by atoms with E-state index in [0.29, 0.717) is 10.7 Å². The Hall–Kier alpha value is -3.24. The second-order valence-electron chi connectivity index (χ2n) is 7.41. The van der Waals surface area contributed by atoms with Crippen LogP contribution in [0.25, 0.3) is 39.4 Å². The molecule has 0 radical (unpaired) electrons. The molecule has 0 bridgehead atoms. The molecule has 0 saturated carbocycles. The molecule has 5 aromatic rings. The molecule has 148 valence electrons. The summed E-state index contributed by atoms with van der Waals surface area (Å²) in [6.07, 6.45) is 3.47. The molecule has 4 nitrogen and oxygen atoms in total. The molecule has 2 heterocycles.